The molecular formula is C16H25NO2S. The maximum absolute atomic E-state index is 12.6. The van der Waals surface area contributed by atoms with E-state index in [0.29, 0.717) is 4.90 Å². The number of nitrogens with one attached hydrogen (secondary N) is 1. The van der Waals surface area contributed by atoms with E-state index in [4.69, 9.17) is 0 Å². The minimum Gasteiger partial charge on any atom is -0.208 e. The third-order valence-corrected chi connectivity index (χ3v) is 5.94. The molecule has 4 heteroatoms. The van der Waals surface area contributed by atoms with Crippen molar-refractivity contribution in [2.45, 2.75) is 69.7 Å². The average molecular weight is 295 g/mol. The SMILES string of the molecule is Cc1cccc(S(=O)(=O)NC2CCCCCCC2)c1C. The van der Waals surface area contributed by atoms with Crippen LogP contribution in [0.4, 0.5) is 0 Å². The van der Waals surface area contributed by atoms with Gasteiger partial charge in [-0.3, -0.25) is 0 Å². The van der Waals surface area contributed by atoms with Crippen molar-refractivity contribution in [3.05, 3.63) is 29.3 Å². The molecule has 0 radical (unpaired) electrons. The molecule has 1 saturated carbocycles. The van der Waals surface area contributed by atoms with Gasteiger partial charge in [0.15, 0.2) is 0 Å². The number of hydrogen-bond acceptors (Lipinski definition) is 2. The summed E-state index contributed by atoms with van der Waals surface area (Å²) < 4.78 is 28.0. The fraction of sp³-hybridized carbons (Fsp3) is 0.625. The van der Waals surface area contributed by atoms with Gasteiger partial charge in [-0.25, -0.2) is 13.1 Å². The van der Waals surface area contributed by atoms with Gasteiger partial charge < -0.3 is 0 Å². The van der Waals surface area contributed by atoms with Crippen molar-refractivity contribution in [1.29, 1.82) is 0 Å². The maximum atomic E-state index is 12.6. The molecule has 1 aliphatic rings. The zero-order valence-electron chi connectivity index (χ0n) is 12.5. The molecule has 0 atom stereocenters. The normalized spacial score (nSPS) is 18.5. The summed E-state index contributed by atoms with van der Waals surface area (Å²) in [5, 5.41) is 0. The van der Waals surface area contributed by atoms with Crippen molar-refractivity contribution in [2.24, 2.45) is 0 Å². The molecular weight excluding hydrogens is 270 g/mol. The number of hydrogen-bond donors (Lipinski definition) is 1. The van der Waals surface area contributed by atoms with E-state index in [0.717, 1.165) is 36.8 Å². The van der Waals surface area contributed by atoms with Gasteiger partial charge >= 0.3 is 0 Å². The van der Waals surface area contributed by atoms with Crippen LogP contribution in [0.2, 0.25) is 0 Å². The Balaban J connectivity index is 2.15. The van der Waals surface area contributed by atoms with Crippen LogP contribution >= 0.6 is 0 Å². The third-order valence-electron chi connectivity index (χ3n) is 4.27. The predicted octanol–water partition coefficient (Wildman–Crippen LogP) is 3.69. The van der Waals surface area contributed by atoms with Gasteiger partial charge in [-0.05, 0) is 43.9 Å². The molecule has 0 unspecified atom stereocenters. The van der Waals surface area contributed by atoms with Gasteiger partial charge in [0.1, 0.15) is 0 Å². The van der Waals surface area contributed by atoms with Gasteiger partial charge in [-0.2, -0.15) is 0 Å². The van der Waals surface area contributed by atoms with Crippen molar-refractivity contribution in [1.82, 2.24) is 4.72 Å². The van der Waals surface area contributed by atoms with Crippen LogP contribution < -0.4 is 4.72 Å². The minimum absolute atomic E-state index is 0.0974. The molecule has 2 rings (SSSR count). The van der Waals surface area contributed by atoms with Gasteiger partial charge in [-0.1, -0.05) is 44.2 Å². The Morgan fingerprint density at radius 1 is 1.00 bits per heavy atom. The van der Waals surface area contributed by atoms with Crippen molar-refractivity contribution >= 4 is 10.0 Å². The van der Waals surface area contributed by atoms with E-state index < -0.39 is 10.0 Å². The highest BCUT2D eigenvalue weighted by molar-refractivity contribution is 7.89. The van der Waals surface area contributed by atoms with Gasteiger partial charge in [0.2, 0.25) is 10.0 Å². The lowest BCUT2D eigenvalue weighted by Gasteiger charge is -2.21. The second kappa shape index (κ2) is 6.72. The molecule has 1 aliphatic carbocycles. The van der Waals surface area contributed by atoms with Gasteiger partial charge in [0, 0.05) is 6.04 Å². The minimum atomic E-state index is -3.39. The number of benzene rings is 1. The molecule has 0 amide bonds. The Hall–Kier alpha value is -0.870. The third kappa shape index (κ3) is 3.83. The Morgan fingerprint density at radius 3 is 2.25 bits per heavy atom. The predicted molar refractivity (Wildman–Crippen MR) is 82.3 cm³/mol. The topological polar surface area (TPSA) is 46.2 Å². The molecule has 112 valence electrons. The summed E-state index contributed by atoms with van der Waals surface area (Å²) in [5.41, 5.74) is 1.87. The molecule has 0 bridgehead atoms. The number of aryl methyl sites for hydroxylation is 1. The van der Waals surface area contributed by atoms with Crippen LogP contribution in [0.3, 0.4) is 0 Å². The summed E-state index contributed by atoms with van der Waals surface area (Å²) in [4.78, 5) is 0.430. The lowest BCUT2D eigenvalue weighted by atomic mass is 9.97. The summed E-state index contributed by atoms with van der Waals surface area (Å²) in [6.45, 7) is 3.83. The Kier molecular flexibility index (Phi) is 5.22. The van der Waals surface area contributed by atoms with E-state index in [1.807, 2.05) is 26.0 Å². The Morgan fingerprint density at radius 2 is 1.60 bits per heavy atom. The van der Waals surface area contributed by atoms with E-state index in [-0.39, 0.29) is 6.04 Å². The molecule has 0 spiro atoms. The highest BCUT2D eigenvalue weighted by Crippen LogP contribution is 2.22. The first kappa shape index (κ1) is 15.5. The van der Waals surface area contributed by atoms with Gasteiger partial charge in [0.05, 0.1) is 4.90 Å². The molecule has 0 saturated heterocycles. The van der Waals surface area contributed by atoms with Crippen LogP contribution in [-0.2, 0) is 10.0 Å². The highest BCUT2D eigenvalue weighted by atomic mass is 32.2. The lowest BCUT2D eigenvalue weighted by molar-refractivity contribution is 0.426. The molecule has 20 heavy (non-hydrogen) atoms. The van der Waals surface area contributed by atoms with Crippen LogP contribution in [0.15, 0.2) is 23.1 Å². The van der Waals surface area contributed by atoms with Crippen LogP contribution in [0.1, 0.15) is 56.1 Å². The Labute approximate surface area is 122 Å². The number of rotatable bonds is 3. The molecule has 0 aliphatic heterocycles. The van der Waals surface area contributed by atoms with Crippen molar-refractivity contribution in [3.8, 4) is 0 Å². The molecule has 1 fully saturated rings. The lowest BCUT2D eigenvalue weighted by Crippen LogP contribution is -2.35. The first-order valence-electron chi connectivity index (χ1n) is 7.59. The van der Waals surface area contributed by atoms with Crippen molar-refractivity contribution in [2.75, 3.05) is 0 Å². The molecule has 0 heterocycles. The number of sulfonamides is 1. The van der Waals surface area contributed by atoms with Crippen LogP contribution in [-0.4, -0.2) is 14.5 Å². The quantitative estimate of drug-likeness (QED) is 0.924. The Bertz CT molecular complexity index is 544. The second-order valence-corrected chi connectivity index (χ2v) is 7.54. The first-order valence-corrected chi connectivity index (χ1v) is 9.07. The average Bonchev–Trinajstić information content (AvgIpc) is 2.35. The fourth-order valence-corrected chi connectivity index (χ4v) is 4.50. The summed E-state index contributed by atoms with van der Waals surface area (Å²) in [6, 6.07) is 5.56. The van der Waals surface area contributed by atoms with Gasteiger partial charge in [-0.15, -0.1) is 0 Å². The monoisotopic (exact) mass is 295 g/mol. The van der Waals surface area contributed by atoms with Crippen molar-refractivity contribution in [3.63, 3.8) is 0 Å². The summed E-state index contributed by atoms with van der Waals surface area (Å²) in [7, 11) is -3.39. The smallest absolute Gasteiger partial charge is 0.208 e. The zero-order chi connectivity index (χ0) is 14.6. The first-order chi connectivity index (χ1) is 9.50. The standard InChI is InChI=1S/C16H25NO2S/c1-13-9-8-12-16(14(13)2)20(18,19)17-15-10-6-4-3-5-7-11-15/h8-9,12,15,17H,3-7,10-11H2,1-2H3. The summed E-state index contributed by atoms with van der Waals surface area (Å²) in [5.74, 6) is 0. The van der Waals surface area contributed by atoms with E-state index >= 15 is 0 Å². The summed E-state index contributed by atoms with van der Waals surface area (Å²) in [6.07, 6.45) is 7.91. The van der Waals surface area contributed by atoms with Gasteiger partial charge in [0.25, 0.3) is 0 Å². The summed E-state index contributed by atoms with van der Waals surface area (Å²) >= 11 is 0. The van der Waals surface area contributed by atoms with Crippen LogP contribution in [0, 0.1) is 13.8 Å². The molecule has 0 aromatic heterocycles. The zero-order valence-corrected chi connectivity index (χ0v) is 13.3. The van der Waals surface area contributed by atoms with E-state index in [1.165, 1.54) is 19.3 Å². The maximum Gasteiger partial charge on any atom is 0.241 e. The molecule has 1 aromatic carbocycles. The largest absolute Gasteiger partial charge is 0.241 e. The van der Waals surface area contributed by atoms with E-state index in [1.54, 1.807) is 6.07 Å². The van der Waals surface area contributed by atoms with E-state index in [9.17, 15) is 8.42 Å². The fourth-order valence-electron chi connectivity index (χ4n) is 2.87. The molecule has 1 N–H and O–H groups in total. The highest BCUT2D eigenvalue weighted by Gasteiger charge is 2.22. The van der Waals surface area contributed by atoms with E-state index in [2.05, 4.69) is 4.72 Å². The van der Waals surface area contributed by atoms with Crippen LogP contribution in [0.5, 0.6) is 0 Å². The second-order valence-electron chi connectivity index (χ2n) is 5.86. The molecule has 1 aromatic rings. The van der Waals surface area contributed by atoms with Crippen molar-refractivity contribution < 1.29 is 8.42 Å². The molecule has 3 nitrogen and oxygen atoms in total. The van der Waals surface area contributed by atoms with Crippen LogP contribution in [0.25, 0.3) is 0 Å².